The van der Waals surface area contributed by atoms with Crippen molar-refractivity contribution in [2.75, 3.05) is 0 Å². The summed E-state index contributed by atoms with van der Waals surface area (Å²) >= 11 is 1.24. The number of carbonyl (C=O) groups is 1. The van der Waals surface area contributed by atoms with Crippen LogP contribution >= 0.6 is 11.5 Å². The Morgan fingerprint density at radius 1 is 1.22 bits per heavy atom. The Hall–Kier alpha value is -0.970. The molecule has 4 aliphatic carbocycles. The van der Waals surface area contributed by atoms with Crippen molar-refractivity contribution in [1.29, 1.82) is 0 Å². The van der Waals surface area contributed by atoms with Gasteiger partial charge in [0.05, 0.1) is 0 Å². The maximum atomic E-state index is 12.2. The molecule has 18 heavy (non-hydrogen) atoms. The van der Waals surface area contributed by atoms with Crippen LogP contribution in [0, 0.1) is 17.8 Å². The first kappa shape index (κ1) is 10.9. The minimum Gasteiger partial charge on any atom is -0.345 e. The molecule has 4 aliphatic rings. The van der Waals surface area contributed by atoms with E-state index in [0.717, 1.165) is 17.8 Å². The SMILES string of the molecule is O=C(NC12CC3CC(CC(C3)C1)C2)c1csnn1. The average Bonchev–Trinajstić information content (AvgIpc) is 2.79. The van der Waals surface area contributed by atoms with Gasteiger partial charge in [-0.2, -0.15) is 0 Å². The number of rotatable bonds is 2. The van der Waals surface area contributed by atoms with Crippen LogP contribution in [0.2, 0.25) is 0 Å². The Morgan fingerprint density at radius 2 is 1.83 bits per heavy atom. The maximum absolute atomic E-state index is 12.2. The first-order valence-corrected chi connectivity index (χ1v) is 7.66. The Morgan fingerprint density at radius 3 is 2.33 bits per heavy atom. The summed E-state index contributed by atoms with van der Waals surface area (Å²) in [4.78, 5) is 12.2. The number of nitrogens with zero attached hydrogens (tertiary/aromatic N) is 2. The molecule has 1 aromatic heterocycles. The van der Waals surface area contributed by atoms with Crippen LogP contribution in [-0.4, -0.2) is 21.0 Å². The molecule has 1 N–H and O–H groups in total. The summed E-state index contributed by atoms with van der Waals surface area (Å²) < 4.78 is 3.77. The van der Waals surface area contributed by atoms with Crippen molar-refractivity contribution in [3.8, 4) is 0 Å². The number of amides is 1. The van der Waals surface area contributed by atoms with E-state index in [9.17, 15) is 4.79 Å². The zero-order valence-corrected chi connectivity index (χ0v) is 11.1. The Balaban J connectivity index is 1.56. The molecule has 0 aromatic carbocycles. The fourth-order valence-electron chi connectivity index (χ4n) is 4.83. The van der Waals surface area contributed by atoms with Gasteiger partial charge in [-0.3, -0.25) is 4.79 Å². The van der Waals surface area contributed by atoms with Crippen molar-refractivity contribution < 1.29 is 4.79 Å². The van der Waals surface area contributed by atoms with Crippen LogP contribution in [0.15, 0.2) is 5.38 Å². The van der Waals surface area contributed by atoms with Crippen molar-refractivity contribution in [3.63, 3.8) is 0 Å². The highest BCUT2D eigenvalue weighted by molar-refractivity contribution is 7.03. The van der Waals surface area contributed by atoms with Crippen LogP contribution in [0.5, 0.6) is 0 Å². The molecule has 0 atom stereocenters. The molecule has 96 valence electrons. The standard InChI is InChI=1S/C13H17N3OS/c17-12(11-7-18-16-15-11)14-13-4-8-1-9(5-13)3-10(2-8)6-13/h7-10H,1-6H2,(H,14,17). The first-order valence-electron chi connectivity index (χ1n) is 6.82. The van der Waals surface area contributed by atoms with Gasteiger partial charge in [0.1, 0.15) is 0 Å². The lowest BCUT2D eigenvalue weighted by Crippen LogP contribution is -2.59. The van der Waals surface area contributed by atoms with Gasteiger partial charge in [0.2, 0.25) is 0 Å². The second-order valence-corrected chi connectivity index (χ2v) is 7.05. The van der Waals surface area contributed by atoms with Crippen LogP contribution in [0.1, 0.15) is 49.0 Å². The van der Waals surface area contributed by atoms with Crippen LogP contribution in [-0.2, 0) is 0 Å². The van der Waals surface area contributed by atoms with Gasteiger partial charge in [0.25, 0.3) is 5.91 Å². The van der Waals surface area contributed by atoms with Crippen molar-refractivity contribution in [2.45, 2.75) is 44.1 Å². The molecular formula is C13H17N3OS. The van der Waals surface area contributed by atoms with Crippen LogP contribution < -0.4 is 5.32 Å². The summed E-state index contributed by atoms with van der Waals surface area (Å²) in [7, 11) is 0. The second-order valence-electron chi connectivity index (χ2n) is 6.44. The fourth-order valence-corrected chi connectivity index (χ4v) is 5.27. The lowest BCUT2D eigenvalue weighted by atomic mass is 9.53. The number of aromatic nitrogens is 2. The number of hydrogen-bond acceptors (Lipinski definition) is 4. The van der Waals surface area contributed by atoms with E-state index in [-0.39, 0.29) is 11.4 Å². The summed E-state index contributed by atoms with van der Waals surface area (Å²) in [5.74, 6) is 2.53. The van der Waals surface area contributed by atoms with Gasteiger partial charge in [-0.1, -0.05) is 4.49 Å². The molecule has 0 unspecified atom stereocenters. The highest BCUT2D eigenvalue weighted by atomic mass is 32.1. The summed E-state index contributed by atoms with van der Waals surface area (Å²) in [6.45, 7) is 0. The number of carbonyl (C=O) groups excluding carboxylic acids is 1. The lowest BCUT2D eigenvalue weighted by Gasteiger charge is -2.56. The lowest BCUT2D eigenvalue weighted by molar-refractivity contribution is -0.0167. The molecule has 5 rings (SSSR count). The van der Waals surface area contributed by atoms with Crippen LogP contribution in [0.3, 0.4) is 0 Å². The molecule has 1 aromatic rings. The van der Waals surface area contributed by atoms with Gasteiger partial charge in [0, 0.05) is 10.9 Å². The molecule has 0 radical (unpaired) electrons. The van der Waals surface area contributed by atoms with Gasteiger partial charge >= 0.3 is 0 Å². The fraction of sp³-hybridized carbons (Fsp3) is 0.769. The van der Waals surface area contributed by atoms with Crippen molar-refractivity contribution >= 4 is 17.4 Å². The van der Waals surface area contributed by atoms with Crippen molar-refractivity contribution in [2.24, 2.45) is 17.8 Å². The second kappa shape index (κ2) is 3.76. The smallest absolute Gasteiger partial charge is 0.273 e. The molecule has 1 amide bonds. The van der Waals surface area contributed by atoms with Gasteiger partial charge in [-0.05, 0) is 67.8 Å². The predicted octanol–water partition coefficient (Wildman–Crippen LogP) is 2.24. The topological polar surface area (TPSA) is 54.9 Å². The molecule has 4 fully saturated rings. The van der Waals surface area contributed by atoms with Gasteiger partial charge in [-0.15, -0.1) is 5.10 Å². The molecule has 0 spiro atoms. The van der Waals surface area contributed by atoms with Gasteiger partial charge in [0.15, 0.2) is 5.69 Å². The van der Waals surface area contributed by atoms with Crippen LogP contribution in [0.25, 0.3) is 0 Å². The molecule has 4 bridgehead atoms. The van der Waals surface area contributed by atoms with E-state index in [0.29, 0.717) is 5.69 Å². The average molecular weight is 263 g/mol. The molecule has 5 heteroatoms. The van der Waals surface area contributed by atoms with Gasteiger partial charge < -0.3 is 5.32 Å². The molecule has 0 aliphatic heterocycles. The third kappa shape index (κ3) is 1.67. The monoisotopic (exact) mass is 263 g/mol. The Labute approximate surface area is 110 Å². The summed E-state index contributed by atoms with van der Waals surface area (Å²) in [6, 6.07) is 0. The van der Waals surface area contributed by atoms with E-state index in [1.807, 2.05) is 0 Å². The minimum absolute atomic E-state index is 0.0225. The summed E-state index contributed by atoms with van der Waals surface area (Å²) in [6.07, 6.45) is 7.74. The van der Waals surface area contributed by atoms with E-state index < -0.39 is 0 Å². The maximum Gasteiger partial charge on any atom is 0.273 e. The largest absolute Gasteiger partial charge is 0.345 e. The highest BCUT2D eigenvalue weighted by Crippen LogP contribution is 2.55. The predicted molar refractivity (Wildman–Crippen MR) is 68.3 cm³/mol. The number of nitrogens with one attached hydrogen (secondary N) is 1. The van der Waals surface area contributed by atoms with Crippen molar-refractivity contribution in [3.05, 3.63) is 11.1 Å². The van der Waals surface area contributed by atoms with Crippen molar-refractivity contribution in [1.82, 2.24) is 14.9 Å². The molecular weight excluding hydrogens is 246 g/mol. The molecule has 4 saturated carbocycles. The van der Waals surface area contributed by atoms with Gasteiger partial charge in [-0.25, -0.2) is 0 Å². The normalized spacial score (nSPS) is 41.0. The third-order valence-electron chi connectivity index (χ3n) is 5.01. The van der Waals surface area contributed by atoms with E-state index in [4.69, 9.17) is 0 Å². The summed E-state index contributed by atoms with van der Waals surface area (Å²) in [5.41, 5.74) is 0.561. The molecule has 1 heterocycles. The van der Waals surface area contributed by atoms with E-state index in [1.165, 1.54) is 50.1 Å². The quantitative estimate of drug-likeness (QED) is 0.890. The van der Waals surface area contributed by atoms with E-state index in [2.05, 4.69) is 14.9 Å². The highest BCUT2D eigenvalue weighted by Gasteiger charge is 2.51. The zero-order chi connectivity index (χ0) is 12.2. The van der Waals surface area contributed by atoms with E-state index >= 15 is 0 Å². The minimum atomic E-state index is -0.0225. The third-order valence-corrected chi connectivity index (χ3v) is 5.51. The Kier molecular flexibility index (Phi) is 2.28. The van der Waals surface area contributed by atoms with E-state index in [1.54, 1.807) is 5.38 Å². The Bertz CT molecular complexity index is 435. The number of hydrogen-bond donors (Lipinski definition) is 1. The molecule has 4 nitrogen and oxygen atoms in total. The van der Waals surface area contributed by atoms with Crippen LogP contribution in [0.4, 0.5) is 0 Å². The first-order chi connectivity index (χ1) is 8.72. The summed E-state index contributed by atoms with van der Waals surface area (Å²) in [5, 5.41) is 8.89. The molecule has 0 saturated heterocycles. The zero-order valence-electron chi connectivity index (χ0n) is 10.3.